The van der Waals surface area contributed by atoms with Gasteiger partial charge in [-0.15, -0.1) is 0 Å². The van der Waals surface area contributed by atoms with Crippen LogP contribution in [0.5, 0.6) is 0 Å². The van der Waals surface area contributed by atoms with Gasteiger partial charge in [0.1, 0.15) is 0 Å². The normalized spacial score (nSPS) is 15.6. The number of fused-ring (bicyclic) bond motifs is 1. The van der Waals surface area contributed by atoms with E-state index in [1.807, 2.05) is 0 Å². The minimum absolute atomic E-state index is 0.255. The molecule has 0 spiro atoms. The number of halogens is 1. The number of aromatic nitrogens is 1. The number of hydrogen-bond donors (Lipinski definition) is 0. The van der Waals surface area contributed by atoms with Crippen LogP contribution in [0.1, 0.15) is 4.11 Å². The number of oxazole rings is 1. The molecule has 0 aliphatic carbocycles. The summed E-state index contributed by atoms with van der Waals surface area (Å²) >= 11 is 3.20. The zero-order valence-corrected chi connectivity index (χ0v) is 7.46. The van der Waals surface area contributed by atoms with Gasteiger partial charge in [0.25, 0.3) is 0 Å². The van der Waals surface area contributed by atoms with Crippen LogP contribution in [0.15, 0.2) is 31.9 Å². The SMILES string of the molecule is [2H]C([2H])([2H])n1c(=O)oc2cc(Br)ccc21. The number of hydrogen-bond acceptors (Lipinski definition) is 2. The van der Waals surface area contributed by atoms with Gasteiger partial charge in [-0.25, -0.2) is 4.79 Å². The Labute approximate surface area is 80.9 Å². The van der Waals surface area contributed by atoms with E-state index >= 15 is 0 Å². The Kier molecular flexibility index (Phi) is 1.01. The van der Waals surface area contributed by atoms with Crippen LogP contribution in [0.3, 0.4) is 0 Å². The molecule has 0 saturated carbocycles. The van der Waals surface area contributed by atoms with Gasteiger partial charge >= 0.3 is 5.76 Å². The van der Waals surface area contributed by atoms with Crippen LogP contribution in [0, 0.1) is 0 Å². The highest BCUT2D eigenvalue weighted by Gasteiger charge is 2.04. The quantitative estimate of drug-likeness (QED) is 0.693. The van der Waals surface area contributed by atoms with Gasteiger partial charge in [-0.2, -0.15) is 0 Å². The van der Waals surface area contributed by atoms with E-state index in [2.05, 4.69) is 15.9 Å². The molecule has 0 amide bonds. The molecule has 0 fully saturated rings. The zero-order chi connectivity index (χ0) is 11.2. The molecule has 4 heteroatoms. The fourth-order valence-corrected chi connectivity index (χ4v) is 1.33. The Morgan fingerprint density at radius 2 is 2.50 bits per heavy atom. The molecule has 0 N–H and O–H groups in total. The van der Waals surface area contributed by atoms with Gasteiger partial charge in [0.05, 0.1) is 5.52 Å². The maximum absolute atomic E-state index is 11.3. The van der Waals surface area contributed by atoms with Crippen LogP contribution in [0.25, 0.3) is 11.1 Å². The van der Waals surface area contributed by atoms with Crippen molar-refractivity contribution in [3.8, 4) is 0 Å². The number of nitrogens with zero attached hydrogens (tertiary/aromatic N) is 1. The molecule has 0 atom stereocenters. The summed E-state index contributed by atoms with van der Waals surface area (Å²) in [4.78, 5) is 11.3. The maximum atomic E-state index is 11.3. The molecule has 0 saturated heterocycles. The molecule has 0 radical (unpaired) electrons. The first-order valence-electron chi connectivity index (χ1n) is 4.71. The predicted molar refractivity (Wildman–Crippen MR) is 49.2 cm³/mol. The molecule has 2 aromatic rings. The number of rotatable bonds is 0. The maximum Gasteiger partial charge on any atom is 0.419 e. The molecular formula is C8H6BrNO2. The van der Waals surface area contributed by atoms with Crippen LogP contribution in [0.2, 0.25) is 0 Å². The van der Waals surface area contributed by atoms with E-state index in [0.717, 1.165) is 4.47 Å². The minimum Gasteiger partial charge on any atom is -0.408 e. The van der Waals surface area contributed by atoms with Gasteiger partial charge in [0, 0.05) is 15.6 Å². The minimum atomic E-state index is -2.52. The first kappa shape index (κ1) is 4.87. The second kappa shape index (κ2) is 2.48. The van der Waals surface area contributed by atoms with E-state index in [9.17, 15) is 4.79 Å². The Hall–Kier alpha value is -1.03. The molecule has 1 aromatic carbocycles. The lowest BCUT2D eigenvalue weighted by atomic mass is 10.3. The molecule has 12 heavy (non-hydrogen) atoms. The zero-order valence-electron chi connectivity index (χ0n) is 8.87. The summed E-state index contributed by atoms with van der Waals surface area (Å²) in [6, 6.07) is 4.73. The molecule has 0 aliphatic heterocycles. The molecule has 62 valence electrons. The van der Waals surface area contributed by atoms with E-state index in [-0.39, 0.29) is 11.1 Å². The lowest BCUT2D eigenvalue weighted by Gasteiger charge is -1.90. The van der Waals surface area contributed by atoms with Crippen molar-refractivity contribution >= 4 is 27.0 Å². The van der Waals surface area contributed by atoms with E-state index < -0.39 is 12.7 Å². The van der Waals surface area contributed by atoms with Gasteiger partial charge in [0.2, 0.25) is 0 Å². The van der Waals surface area contributed by atoms with Crippen LogP contribution in [-0.4, -0.2) is 4.57 Å². The third-order valence-electron chi connectivity index (χ3n) is 1.54. The smallest absolute Gasteiger partial charge is 0.408 e. The van der Waals surface area contributed by atoms with Crippen LogP contribution in [-0.2, 0) is 6.98 Å². The Balaban J connectivity index is 2.86. The summed E-state index contributed by atoms with van der Waals surface area (Å²) in [6.45, 7) is -2.52. The lowest BCUT2D eigenvalue weighted by Crippen LogP contribution is -2.08. The average Bonchev–Trinajstić information content (AvgIpc) is 2.38. The second-order valence-corrected chi connectivity index (χ2v) is 3.23. The van der Waals surface area contributed by atoms with E-state index in [4.69, 9.17) is 8.53 Å². The monoisotopic (exact) mass is 230 g/mol. The fourth-order valence-electron chi connectivity index (χ4n) is 0.992. The molecule has 1 aromatic heterocycles. The summed E-state index contributed by atoms with van der Waals surface area (Å²) in [5.74, 6) is -0.872. The van der Waals surface area contributed by atoms with Crippen molar-refractivity contribution in [1.82, 2.24) is 4.57 Å². The Morgan fingerprint density at radius 1 is 1.67 bits per heavy atom. The molecule has 0 unspecified atom stereocenters. The highest BCUT2D eigenvalue weighted by Crippen LogP contribution is 2.17. The summed E-state index contributed by atoms with van der Waals surface area (Å²) in [5, 5.41) is 0. The molecule has 1 heterocycles. The topological polar surface area (TPSA) is 35.1 Å². The Morgan fingerprint density at radius 3 is 3.25 bits per heavy atom. The fraction of sp³-hybridized carbons (Fsp3) is 0.125. The second-order valence-electron chi connectivity index (χ2n) is 2.32. The van der Waals surface area contributed by atoms with Gasteiger partial charge in [-0.3, -0.25) is 4.57 Å². The van der Waals surface area contributed by atoms with Crippen LogP contribution < -0.4 is 5.76 Å². The largest absolute Gasteiger partial charge is 0.419 e. The summed E-state index contributed by atoms with van der Waals surface area (Å²) in [5.41, 5.74) is 0.522. The highest BCUT2D eigenvalue weighted by atomic mass is 79.9. The van der Waals surface area contributed by atoms with E-state index in [1.54, 1.807) is 12.1 Å². The first-order valence-corrected chi connectivity index (χ1v) is 4.00. The number of benzene rings is 1. The van der Waals surface area contributed by atoms with E-state index in [0.29, 0.717) is 4.57 Å². The molecular weight excluding hydrogens is 222 g/mol. The summed E-state index contributed by atoms with van der Waals surface area (Å²) < 4.78 is 27.8. The van der Waals surface area contributed by atoms with Crippen molar-refractivity contribution in [2.75, 3.05) is 0 Å². The molecule has 0 aliphatic rings. The van der Waals surface area contributed by atoms with Crippen LogP contribution in [0.4, 0.5) is 0 Å². The van der Waals surface area contributed by atoms with Crippen molar-refractivity contribution in [2.45, 2.75) is 0 Å². The highest BCUT2D eigenvalue weighted by molar-refractivity contribution is 9.10. The third kappa shape index (κ3) is 0.992. The lowest BCUT2D eigenvalue weighted by molar-refractivity contribution is 0.528. The average molecular weight is 231 g/mol. The van der Waals surface area contributed by atoms with Gasteiger partial charge in [-0.05, 0) is 18.2 Å². The molecule has 3 nitrogen and oxygen atoms in total. The van der Waals surface area contributed by atoms with Crippen molar-refractivity contribution in [3.05, 3.63) is 33.2 Å². The summed E-state index contributed by atoms with van der Waals surface area (Å²) in [7, 11) is 0. The van der Waals surface area contributed by atoms with Crippen molar-refractivity contribution in [2.24, 2.45) is 6.98 Å². The first-order chi connectivity index (χ1) is 6.89. The molecule has 2 rings (SSSR count). The van der Waals surface area contributed by atoms with Crippen molar-refractivity contribution in [1.29, 1.82) is 0 Å². The van der Waals surface area contributed by atoms with Gasteiger partial charge < -0.3 is 4.42 Å². The van der Waals surface area contributed by atoms with Gasteiger partial charge in [0.15, 0.2) is 5.58 Å². The number of aryl methyl sites for hydroxylation is 1. The van der Waals surface area contributed by atoms with E-state index in [1.165, 1.54) is 6.07 Å². The van der Waals surface area contributed by atoms with Crippen molar-refractivity contribution < 1.29 is 8.53 Å². The summed E-state index contributed by atoms with van der Waals surface area (Å²) in [6.07, 6.45) is 0. The van der Waals surface area contributed by atoms with Crippen molar-refractivity contribution in [3.63, 3.8) is 0 Å². The predicted octanol–water partition coefficient (Wildman–Crippen LogP) is 1.89. The standard InChI is InChI=1S/C8H6BrNO2/c1-10-6-3-2-5(9)4-7(6)12-8(10)11/h2-4H,1H3/i1D3. The third-order valence-corrected chi connectivity index (χ3v) is 2.04. The molecule has 0 bridgehead atoms. The Bertz CT molecular complexity index is 569. The van der Waals surface area contributed by atoms with Gasteiger partial charge in [-0.1, -0.05) is 15.9 Å². The van der Waals surface area contributed by atoms with Crippen LogP contribution >= 0.6 is 15.9 Å².